The van der Waals surface area contributed by atoms with Gasteiger partial charge in [0.2, 0.25) is 0 Å². The molecule has 0 saturated carbocycles. The lowest BCUT2D eigenvalue weighted by Gasteiger charge is -2.44. The predicted molar refractivity (Wildman–Crippen MR) is 63.0 cm³/mol. The highest BCUT2D eigenvalue weighted by Gasteiger charge is 2.38. The summed E-state index contributed by atoms with van der Waals surface area (Å²) in [6, 6.07) is 0. The van der Waals surface area contributed by atoms with E-state index in [1.165, 1.54) is 0 Å². The number of hydrogen-bond donors (Lipinski definition) is 2. The molecule has 3 unspecified atom stereocenters. The van der Waals surface area contributed by atoms with Crippen molar-refractivity contribution in [2.24, 2.45) is 5.41 Å². The molecule has 0 radical (unpaired) electrons. The Morgan fingerprint density at radius 1 is 1.25 bits per heavy atom. The number of nitrogens with one attached hydrogen (secondary N) is 2. The average Bonchev–Trinajstić information content (AvgIpc) is 2.33. The van der Waals surface area contributed by atoms with Crippen molar-refractivity contribution in [3.05, 3.63) is 12.2 Å². The van der Waals surface area contributed by atoms with Crippen LogP contribution in [0.15, 0.2) is 12.2 Å². The molecule has 0 bridgehead atoms. The van der Waals surface area contributed by atoms with Crippen LogP contribution in [-0.2, 0) is 9.47 Å². The first-order valence-corrected chi connectivity index (χ1v) is 6.05. The van der Waals surface area contributed by atoms with Crippen molar-refractivity contribution >= 4 is 0 Å². The summed E-state index contributed by atoms with van der Waals surface area (Å²) in [6.45, 7) is 7.57. The van der Waals surface area contributed by atoms with E-state index in [0.29, 0.717) is 0 Å². The van der Waals surface area contributed by atoms with Gasteiger partial charge in [0.1, 0.15) is 12.5 Å². The minimum atomic E-state index is 0.124. The zero-order chi connectivity index (χ0) is 11.4. The van der Waals surface area contributed by atoms with Crippen LogP contribution in [0.1, 0.15) is 20.3 Å². The Labute approximate surface area is 97.4 Å². The Morgan fingerprint density at radius 3 is 2.56 bits per heavy atom. The SMILES string of the molecule is C/C=C/CC1NCC2(CNC(C)OC2)CO1. The van der Waals surface area contributed by atoms with Crippen molar-refractivity contribution in [2.45, 2.75) is 32.7 Å². The van der Waals surface area contributed by atoms with Crippen LogP contribution in [0.5, 0.6) is 0 Å². The Kier molecular flexibility index (Phi) is 3.97. The number of rotatable bonds is 2. The van der Waals surface area contributed by atoms with Gasteiger partial charge in [0.05, 0.1) is 13.2 Å². The van der Waals surface area contributed by atoms with E-state index < -0.39 is 0 Å². The highest BCUT2D eigenvalue weighted by Crippen LogP contribution is 2.25. The van der Waals surface area contributed by atoms with Crippen molar-refractivity contribution in [2.75, 3.05) is 26.3 Å². The van der Waals surface area contributed by atoms with Crippen LogP contribution in [0, 0.1) is 5.41 Å². The van der Waals surface area contributed by atoms with E-state index in [0.717, 1.165) is 32.7 Å². The van der Waals surface area contributed by atoms with Crippen LogP contribution >= 0.6 is 0 Å². The summed E-state index contributed by atoms with van der Waals surface area (Å²) in [7, 11) is 0. The Morgan fingerprint density at radius 2 is 2.00 bits per heavy atom. The van der Waals surface area contributed by atoms with E-state index in [1.54, 1.807) is 0 Å². The molecular weight excluding hydrogens is 204 g/mol. The van der Waals surface area contributed by atoms with Crippen LogP contribution in [0.3, 0.4) is 0 Å². The highest BCUT2D eigenvalue weighted by atomic mass is 16.5. The number of allylic oxidation sites excluding steroid dienone is 1. The van der Waals surface area contributed by atoms with Crippen LogP contribution in [-0.4, -0.2) is 38.8 Å². The van der Waals surface area contributed by atoms with Crippen molar-refractivity contribution in [1.82, 2.24) is 10.6 Å². The first-order chi connectivity index (χ1) is 7.74. The van der Waals surface area contributed by atoms with E-state index in [4.69, 9.17) is 9.47 Å². The third-order valence-corrected chi connectivity index (χ3v) is 3.29. The lowest BCUT2D eigenvalue weighted by molar-refractivity contribution is -0.137. The second-order valence-electron chi connectivity index (χ2n) is 4.82. The highest BCUT2D eigenvalue weighted by molar-refractivity contribution is 4.92. The maximum absolute atomic E-state index is 5.83. The van der Waals surface area contributed by atoms with Crippen molar-refractivity contribution in [3.8, 4) is 0 Å². The third kappa shape index (κ3) is 2.83. The van der Waals surface area contributed by atoms with E-state index >= 15 is 0 Å². The molecule has 2 aliphatic heterocycles. The van der Waals surface area contributed by atoms with Gasteiger partial charge in [-0.05, 0) is 13.8 Å². The normalized spacial score (nSPS) is 40.6. The molecule has 2 rings (SSSR count). The molecule has 4 nitrogen and oxygen atoms in total. The number of ether oxygens (including phenoxy) is 2. The molecule has 2 saturated heterocycles. The largest absolute Gasteiger partial charge is 0.363 e. The van der Waals surface area contributed by atoms with Gasteiger partial charge in [0.25, 0.3) is 0 Å². The van der Waals surface area contributed by atoms with Gasteiger partial charge in [-0.15, -0.1) is 0 Å². The molecule has 0 aromatic heterocycles. The number of hydrogen-bond acceptors (Lipinski definition) is 4. The van der Waals surface area contributed by atoms with Gasteiger partial charge in [0.15, 0.2) is 0 Å². The van der Waals surface area contributed by atoms with E-state index in [1.807, 2.05) is 13.8 Å². The molecule has 0 aromatic carbocycles. The molecule has 1 spiro atoms. The molecular formula is C12H22N2O2. The summed E-state index contributed by atoms with van der Waals surface area (Å²) in [4.78, 5) is 0. The zero-order valence-electron chi connectivity index (χ0n) is 10.2. The fourth-order valence-corrected chi connectivity index (χ4v) is 2.11. The van der Waals surface area contributed by atoms with E-state index in [2.05, 4.69) is 22.8 Å². The smallest absolute Gasteiger partial charge is 0.111 e. The summed E-state index contributed by atoms with van der Waals surface area (Å²) < 4.78 is 11.5. The Balaban J connectivity index is 1.80. The minimum absolute atomic E-state index is 0.124. The molecule has 2 heterocycles. The molecule has 0 aromatic rings. The first-order valence-electron chi connectivity index (χ1n) is 6.05. The molecule has 2 N–H and O–H groups in total. The average molecular weight is 226 g/mol. The standard InChI is InChI=1S/C12H22N2O2/c1-3-4-5-11-14-7-12(9-16-11)6-13-10(2)15-8-12/h3-4,10-11,13-14H,5-9H2,1-2H3/b4-3+. The fraction of sp³-hybridized carbons (Fsp3) is 0.833. The van der Waals surface area contributed by atoms with Crippen molar-refractivity contribution in [3.63, 3.8) is 0 Å². The summed E-state index contributed by atoms with van der Waals surface area (Å²) in [5, 5.41) is 6.78. The van der Waals surface area contributed by atoms with Gasteiger partial charge in [-0.2, -0.15) is 0 Å². The van der Waals surface area contributed by atoms with Gasteiger partial charge >= 0.3 is 0 Å². The second-order valence-corrected chi connectivity index (χ2v) is 4.82. The summed E-state index contributed by atoms with van der Waals surface area (Å²) in [6.07, 6.45) is 5.47. The molecule has 0 aliphatic carbocycles. The maximum atomic E-state index is 5.83. The van der Waals surface area contributed by atoms with Gasteiger partial charge in [0, 0.05) is 24.9 Å². The lowest BCUT2D eigenvalue weighted by Crippen LogP contribution is -2.60. The van der Waals surface area contributed by atoms with Gasteiger partial charge in [-0.25, -0.2) is 0 Å². The molecule has 16 heavy (non-hydrogen) atoms. The van der Waals surface area contributed by atoms with Crippen LogP contribution < -0.4 is 10.6 Å². The van der Waals surface area contributed by atoms with E-state index in [-0.39, 0.29) is 17.9 Å². The summed E-state index contributed by atoms with van der Waals surface area (Å²) in [5.74, 6) is 0. The zero-order valence-corrected chi connectivity index (χ0v) is 10.2. The molecule has 2 fully saturated rings. The van der Waals surface area contributed by atoms with Crippen LogP contribution in [0.2, 0.25) is 0 Å². The van der Waals surface area contributed by atoms with E-state index in [9.17, 15) is 0 Å². The van der Waals surface area contributed by atoms with Gasteiger partial charge < -0.3 is 9.47 Å². The summed E-state index contributed by atoms with van der Waals surface area (Å²) >= 11 is 0. The molecule has 3 atom stereocenters. The molecule has 0 amide bonds. The quantitative estimate of drug-likeness (QED) is 0.685. The third-order valence-electron chi connectivity index (χ3n) is 3.29. The monoisotopic (exact) mass is 226 g/mol. The van der Waals surface area contributed by atoms with Gasteiger partial charge in [-0.3, -0.25) is 10.6 Å². The second kappa shape index (κ2) is 5.27. The Bertz CT molecular complexity index is 237. The van der Waals surface area contributed by atoms with Crippen LogP contribution in [0.4, 0.5) is 0 Å². The topological polar surface area (TPSA) is 42.5 Å². The van der Waals surface area contributed by atoms with Crippen LogP contribution in [0.25, 0.3) is 0 Å². The Hall–Kier alpha value is -0.420. The van der Waals surface area contributed by atoms with Gasteiger partial charge in [-0.1, -0.05) is 12.2 Å². The molecule has 4 heteroatoms. The molecule has 2 aliphatic rings. The molecule has 92 valence electrons. The van der Waals surface area contributed by atoms with Crippen molar-refractivity contribution in [1.29, 1.82) is 0 Å². The minimum Gasteiger partial charge on any atom is -0.363 e. The summed E-state index contributed by atoms with van der Waals surface area (Å²) in [5.41, 5.74) is 0.124. The predicted octanol–water partition coefficient (Wildman–Crippen LogP) is 0.851. The van der Waals surface area contributed by atoms with Crippen molar-refractivity contribution < 1.29 is 9.47 Å². The fourth-order valence-electron chi connectivity index (χ4n) is 2.11. The maximum Gasteiger partial charge on any atom is 0.111 e. The first kappa shape index (κ1) is 12.0. The lowest BCUT2D eigenvalue weighted by atomic mass is 9.87.